The molecule has 0 atom stereocenters. The predicted octanol–water partition coefficient (Wildman–Crippen LogP) is 4.01. The quantitative estimate of drug-likeness (QED) is 0.926. The minimum Gasteiger partial charge on any atom is -0.478 e. The van der Waals surface area contributed by atoms with Gasteiger partial charge in [0.2, 0.25) is 0 Å². The van der Waals surface area contributed by atoms with E-state index in [0.29, 0.717) is 5.69 Å². The summed E-state index contributed by atoms with van der Waals surface area (Å²) in [6.45, 7) is -1.37. The van der Waals surface area contributed by atoms with Gasteiger partial charge in [0.15, 0.2) is 0 Å². The van der Waals surface area contributed by atoms with E-state index in [1.807, 2.05) is 0 Å². The summed E-state index contributed by atoms with van der Waals surface area (Å²) in [6, 6.07) is 5.51. The monoisotopic (exact) mass is 313 g/mol. The molecule has 0 fully saturated rings. The van der Waals surface area contributed by atoms with Crippen LogP contribution in [0.15, 0.2) is 30.5 Å². The number of halogens is 3. The Morgan fingerprint density at radius 1 is 1.33 bits per heavy atom. The van der Waals surface area contributed by atoms with Crippen molar-refractivity contribution >= 4 is 17.6 Å². The molecule has 1 heterocycles. The van der Waals surface area contributed by atoms with E-state index in [1.165, 1.54) is 30.5 Å². The number of carboxylic acid groups (broad SMARTS) is 1. The van der Waals surface area contributed by atoms with E-state index in [0.717, 1.165) is 0 Å². The molecule has 2 aromatic rings. The first-order chi connectivity index (χ1) is 9.88. The van der Waals surface area contributed by atoms with Crippen LogP contribution < -0.4 is 4.74 Å². The fraction of sp³-hybridized carbons (Fsp3) is 0.143. The average molecular weight is 314 g/mol. The summed E-state index contributed by atoms with van der Waals surface area (Å²) < 4.78 is 29.4. The number of pyridine rings is 1. The standard InChI is InChI=1S/C14H10ClF2NO3/c1-7-4-9(11(6-18-7)13(19)20)10-5-8(15)2-3-12(10)21-14(16)17/h2-6,14H,1H3,(H,19,20). The molecule has 0 aliphatic rings. The van der Waals surface area contributed by atoms with Gasteiger partial charge >= 0.3 is 12.6 Å². The molecular formula is C14H10ClF2NO3. The van der Waals surface area contributed by atoms with Crippen molar-refractivity contribution in [3.05, 3.63) is 46.7 Å². The van der Waals surface area contributed by atoms with Crippen molar-refractivity contribution in [2.24, 2.45) is 0 Å². The number of hydrogen-bond donors (Lipinski definition) is 1. The second-order valence-corrected chi connectivity index (χ2v) is 4.63. The molecular weight excluding hydrogens is 304 g/mol. The second-order valence-electron chi connectivity index (χ2n) is 4.20. The molecule has 0 spiro atoms. The summed E-state index contributed by atoms with van der Waals surface area (Å²) in [7, 11) is 0. The van der Waals surface area contributed by atoms with Crippen LogP contribution in [-0.2, 0) is 0 Å². The first-order valence-corrected chi connectivity index (χ1v) is 6.21. The minimum absolute atomic E-state index is 0.123. The topological polar surface area (TPSA) is 59.4 Å². The van der Waals surface area contributed by atoms with Crippen LogP contribution in [0.1, 0.15) is 16.1 Å². The predicted molar refractivity (Wildman–Crippen MR) is 73.0 cm³/mol. The molecule has 1 N–H and O–H groups in total. The molecule has 4 nitrogen and oxygen atoms in total. The average Bonchev–Trinajstić information content (AvgIpc) is 2.39. The molecule has 0 amide bonds. The van der Waals surface area contributed by atoms with Gasteiger partial charge in [0.25, 0.3) is 0 Å². The van der Waals surface area contributed by atoms with Crippen molar-refractivity contribution in [1.82, 2.24) is 4.98 Å². The highest BCUT2D eigenvalue weighted by Gasteiger charge is 2.18. The molecule has 1 aromatic carbocycles. The summed E-state index contributed by atoms with van der Waals surface area (Å²) >= 11 is 5.87. The van der Waals surface area contributed by atoms with Gasteiger partial charge in [-0.3, -0.25) is 4.98 Å². The van der Waals surface area contributed by atoms with Gasteiger partial charge in [-0.1, -0.05) is 11.6 Å². The molecule has 21 heavy (non-hydrogen) atoms. The molecule has 0 saturated heterocycles. The molecule has 0 aliphatic carbocycles. The van der Waals surface area contributed by atoms with E-state index in [2.05, 4.69) is 9.72 Å². The first kappa shape index (κ1) is 15.2. The van der Waals surface area contributed by atoms with Crippen LogP contribution in [-0.4, -0.2) is 22.7 Å². The molecule has 0 saturated carbocycles. The molecule has 0 bridgehead atoms. The van der Waals surface area contributed by atoms with E-state index < -0.39 is 12.6 Å². The number of carbonyl (C=O) groups is 1. The lowest BCUT2D eigenvalue weighted by Crippen LogP contribution is -2.06. The zero-order valence-corrected chi connectivity index (χ0v) is 11.6. The summed E-state index contributed by atoms with van der Waals surface area (Å²) in [5.74, 6) is -1.37. The van der Waals surface area contributed by atoms with Crippen LogP contribution in [0.4, 0.5) is 8.78 Å². The summed E-state index contributed by atoms with van der Waals surface area (Å²) in [5.41, 5.74) is 0.804. The minimum atomic E-state index is -3.03. The number of rotatable bonds is 4. The second kappa shape index (κ2) is 6.05. The van der Waals surface area contributed by atoms with Gasteiger partial charge in [-0.15, -0.1) is 0 Å². The van der Waals surface area contributed by atoms with E-state index in [9.17, 15) is 18.7 Å². The fourth-order valence-corrected chi connectivity index (χ4v) is 2.04. The Morgan fingerprint density at radius 2 is 2.05 bits per heavy atom. The van der Waals surface area contributed by atoms with Gasteiger partial charge in [-0.2, -0.15) is 8.78 Å². The maximum Gasteiger partial charge on any atom is 0.387 e. The smallest absolute Gasteiger partial charge is 0.387 e. The number of ether oxygens (including phenoxy) is 1. The zero-order valence-electron chi connectivity index (χ0n) is 10.8. The fourth-order valence-electron chi connectivity index (χ4n) is 1.86. The highest BCUT2D eigenvalue weighted by atomic mass is 35.5. The van der Waals surface area contributed by atoms with E-state index in [-0.39, 0.29) is 27.5 Å². The molecule has 0 aliphatic heterocycles. The Hall–Kier alpha value is -2.21. The molecule has 110 valence electrons. The van der Waals surface area contributed by atoms with Crippen LogP contribution in [0.2, 0.25) is 5.02 Å². The lowest BCUT2D eigenvalue weighted by molar-refractivity contribution is -0.0494. The van der Waals surface area contributed by atoms with Crippen molar-refractivity contribution in [2.75, 3.05) is 0 Å². The highest BCUT2D eigenvalue weighted by molar-refractivity contribution is 6.31. The van der Waals surface area contributed by atoms with Crippen molar-refractivity contribution in [1.29, 1.82) is 0 Å². The molecule has 2 rings (SSSR count). The van der Waals surface area contributed by atoms with Crippen LogP contribution in [0.25, 0.3) is 11.1 Å². The molecule has 0 radical (unpaired) electrons. The lowest BCUT2D eigenvalue weighted by Gasteiger charge is -2.13. The van der Waals surface area contributed by atoms with E-state index in [1.54, 1.807) is 6.92 Å². The normalized spacial score (nSPS) is 10.7. The Kier molecular flexibility index (Phi) is 4.37. The van der Waals surface area contributed by atoms with Crippen LogP contribution in [0.3, 0.4) is 0 Å². The van der Waals surface area contributed by atoms with Crippen molar-refractivity contribution in [2.45, 2.75) is 13.5 Å². The number of aromatic carboxylic acids is 1. The van der Waals surface area contributed by atoms with E-state index >= 15 is 0 Å². The van der Waals surface area contributed by atoms with Crippen LogP contribution in [0.5, 0.6) is 5.75 Å². The molecule has 0 unspecified atom stereocenters. The lowest BCUT2D eigenvalue weighted by atomic mass is 10.00. The van der Waals surface area contributed by atoms with Crippen molar-refractivity contribution in [3.8, 4) is 16.9 Å². The highest BCUT2D eigenvalue weighted by Crippen LogP contribution is 2.35. The number of aryl methyl sites for hydroxylation is 1. The van der Waals surface area contributed by atoms with Gasteiger partial charge in [-0.05, 0) is 31.2 Å². The number of aromatic nitrogens is 1. The molecule has 7 heteroatoms. The van der Waals surface area contributed by atoms with Gasteiger partial charge in [-0.25, -0.2) is 4.79 Å². The van der Waals surface area contributed by atoms with Crippen molar-refractivity contribution < 1.29 is 23.4 Å². The first-order valence-electron chi connectivity index (χ1n) is 5.83. The number of alkyl halides is 2. The largest absolute Gasteiger partial charge is 0.478 e. The Balaban J connectivity index is 2.68. The van der Waals surface area contributed by atoms with Gasteiger partial charge in [0, 0.05) is 28.0 Å². The summed E-state index contributed by atoms with van der Waals surface area (Å²) in [5, 5.41) is 9.47. The number of nitrogens with zero attached hydrogens (tertiary/aromatic N) is 1. The number of hydrogen-bond acceptors (Lipinski definition) is 3. The maximum atomic E-state index is 12.5. The van der Waals surface area contributed by atoms with Crippen LogP contribution in [0, 0.1) is 6.92 Å². The van der Waals surface area contributed by atoms with Crippen molar-refractivity contribution in [3.63, 3.8) is 0 Å². The van der Waals surface area contributed by atoms with Gasteiger partial charge < -0.3 is 9.84 Å². The third kappa shape index (κ3) is 3.46. The summed E-state index contributed by atoms with van der Waals surface area (Å²) in [6.07, 6.45) is 1.17. The number of benzene rings is 1. The summed E-state index contributed by atoms with van der Waals surface area (Å²) in [4.78, 5) is 15.2. The Labute approximate surface area is 124 Å². The van der Waals surface area contributed by atoms with Gasteiger partial charge in [0.1, 0.15) is 5.75 Å². The Morgan fingerprint density at radius 3 is 2.67 bits per heavy atom. The van der Waals surface area contributed by atoms with Crippen LogP contribution >= 0.6 is 11.6 Å². The van der Waals surface area contributed by atoms with Gasteiger partial charge in [0.05, 0.1) is 5.56 Å². The maximum absolute atomic E-state index is 12.5. The number of carboxylic acids is 1. The SMILES string of the molecule is Cc1cc(-c2cc(Cl)ccc2OC(F)F)c(C(=O)O)cn1. The zero-order chi connectivity index (χ0) is 15.6. The van der Waals surface area contributed by atoms with E-state index in [4.69, 9.17) is 11.6 Å². The third-order valence-corrected chi connectivity index (χ3v) is 2.95. The Bertz CT molecular complexity index is 692. The third-order valence-electron chi connectivity index (χ3n) is 2.72. The molecule has 1 aromatic heterocycles.